The summed E-state index contributed by atoms with van der Waals surface area (Å²) < 4.78 is 22.4. The van der Waals surface area contributed by atoms with Crippen molar-refractivity contribution in [1.82, 2.24) is 0 Å². The molecule has 0 bridgehead atoms. The van der Waals surface area contributed by atoms with E-state index in [0.29, 0.717) is 31.8 Å². The molecule has 4 nitrogen and oxygen atoms in total. The second kappa shape index (κ2) is 8.93. The molecule has 0 aliphatic rings. The molecule has 1 rings (SSSR count). The summed E-state index contributed by atoms with van der Waals surface area (Å²) in [5.41, 5.74) is 0. The lowest BCUT2D eigenvalue weighted by Gasteiger charge is -2.15. The molecule has 0 atom stereocenters. The number of thiophene rings is 1. The van der Waals surface area contributed by atoms with Crippen LogP contribution in [0.4, 0.5) is 0 Å². The van der Waals surface area contributed by atoms with E-state index >= 15 is 0 Å². The maximum atomic E-state index is 12.1. The van der Waals surface area contributed by atoms with Crippen LogP contribution in [0.2, 0.25) is 0 Å². The second-order valence-corrected chi connectivity index (χ2v) is 8.76. The van der Waals surface area contributed by atoms with Gasteiger partial charge < -0.3 is 9.05 Å². The molecular formula is C12H19O4PS2. The molecule has 1 aromatic heterocycles. The van der Waals surface area contributed by atoms with Crippen molar-refractivity contribution in [3.8, 4) is 0 Å². The third kappa shape index (κ3) is 6.23. The molecule has 0 spiro atoms. The molecule has 0 N–H and O–H groups in total. The Morgan fingerprint density at radius 1 is 1.37 bits per heavy atom. The summed E-state index contributed by atoms with van der Waals surface area (Å²) in [7, 11) is 0. The van der Waals surface area contributed by atoms with Gasteiger partial charge in [0.05, 0.1) is 18.1 Å². The summed E-state index contributed by atoms with van der Waals surface area (Å²) in [6, 6.07) is 3.69. The van der Waals surface area contributed by atoms with Crippen LogP contribution in [0.1, 0.15) is 36.4 Å². The monoisotopic (exact) mass is 322 g/mol. The first kappa shape index (κ1) is 16.9. The van der Waals surface area contributed by atoms with Gasteiger partial charge in [0.2, 0.25) is 0 Å². The van der Waals surface area contributed by atoms with Gasteiger partial charge in [-0.05, 0) is 43.1 Å². The van der Waals surface area contributed by atoms with E-state index in [1.54, 1.807) is 13.8 Å². The minimum absolute atomic E-state index is 0.137. The Hall–Kier alpha value is -0.130. The fourth-order valence-corrected chi connectivity index (χ4v) is 5.58. The van der Waals surface area contributed by atoms with Crippen LogP contribution in [-0.4, -0.2) is 24.7 Å². The van der Waals surface area contributed by atoms with E-state index in [4.69, 9.17) is 9.05 Å². The average Bonchev–Trinajstić information content (AvgIpc) is 2.89. The Bertz CT molecular complexity index is 409. The molecule has 7 heteroatoms. The van der Waals surface area contributed by atoms with Crippen LogP contribution in [0.25, 0.3) is 0 Å². The molecule has 0 saturated heterocycles. The zero-order valence-electron chi connectivity index (χ0n) is 11.2. The molecule has 0 saturated carbocycles. The Labute approximate surface area is 122 Å². The van der Waals surface area contributed by atoms with Crippen molar-refractivity contribution in [2.45, 2.75) is 26.7 Å². The maximum absolute atomic E-state index is 12.1. The Kier molecular flexibility index (Phi) is 7.95. The van der Waals surface area contributed by atoms with Gasteiger partial charge in [0, 0.05) is 12.2 Å². The van der Waals surface area contributed by atoms with Crippen molar-refractivity contribution >= 4 is 35.3 Å². The maximum Gasteiger partial charge on any atom is 0.389 e. The Morgan fingerprint density at radius 3 is 2.58 bits per heavy atom. The number of Topliss-reactive ketones (excluding diaryl/α,β-unsaturated/α-hetero) is 1. The van der Waals surface area contributed by atoms with Crippen molar-refractivity contribution in [1.29, 1.82) is 0 Å². The average molecular weight is 322 g/mol. The van der Waals surface area contributed by atoms with Crippen LogP contribution >= 0.6 is 29.5 Å². The van der Waals surface area contributed by atoms with E-state index in [9.17, 15) is 9.36 Å². The number of carbonyl (C=O) groups is 1. The normalized spacial score (nSPS) is 11.7. The van der Waals surface area contributed by atoms with Crippen LogP contribution in [0.15, 0.2) is 17.5 Å². The predicted octanol–water partition coefficient (Wildman–Crippen LogP) is 4.63. The highest BCUT2D eigenvalue weighted by Gasteiger charge is 2.24. The van der Waals surface area contributed by atoms with Crippen molar-refractivity contribution in [2.75, 3.05) is 19.0 Å². The van der Waals surface area contributed by atoms with Crippen molar-refractivity contribution < 1.29 is 18.4 Å². The zero-order valence-corrected chi connectivity index (χ0v) is 13.7. The summed E-state index contributed by atoms with van der Waals surface area (Å²) in [5, 5.41) is 1.89. The largest absolute Gasteiger partial charge is 0.389 e. The fourth-order valence-electron chi connectivity index (χ4n) is 1.40. The summed E-state index contributed by atoms with van der Waals surface area (Å²) >= 11 is 2.62. The molecule has 108 valence electrons. The van der Waals surface area contributed by atoms with Crippen molar-refractivity contribution in [2.24, 2.45) is 0 Å². The molecule has 19 heavy (non-hydrogen) atoms. The predicted molar refractivity (Wildman–Crippen MR) is 81.2 cm³/mol. The summed E-state index contributed by atoms with van der Waals surface area (Å²) in [4.78, 5) is 12.5. The number of rotatable bonds is 10. The fraction of sp³-hybridized carbons (Fsp3) is 0.583. The number of ketones is 1. The van der Waals surface area contributed by atoms with Crippen molar-refractivity contribution in [3.05, 3.63) is 22.4 Å². The summed E-state index contributed by atoms with van der Waals surface area (Å²) in [5.74, 6) is 0.729. The molecule has 0 radical (unpaired) electrons. The van der Waals surface area contributed by atoms with E-state index in [0.717, 1.165) is 4.88 Å². The molecular weight excluding hydrogens is 303 g/mol. The van der Waals surface area contributed by atoms with E-state index in [-0.39, 0.29) is 5.78 Å². The van der Waals surface area contributed by atoms with Gasteiger partial charge >= 0.3 is 6.80 Å². The minimum Gasteiger partial charge on any atom is -0.301 e. The van der Waals surface area contributed by atoms with Crippen LogP contribution in [0.5, 0.6) is 0 Å². The van der Waals surface area contributed by atoms with E-state index in [2.05, 4.69) is 0 Å². The minimum atomic E-state index is -3.03. The zero-order chi connectivity index (χ0) is 14.1. The highest BCUT2D eigenvalue weighted by Crippen LogP contribution is 2.60. The molecule has 0 unspecified atom stereocenters. The van der Waals surface area contributed by atoms with Gasteiger partial charge in [0.25, 0.3) is 0 Å². The first-order chi connectivity index (χ1) is 9.11. The SMILES string of the molecule is CCOP(=O)(OCC)SCCCC(=O)c1cccs1. The lowest BCUT2D eigenvalue weighted by Crippen LogP contribution is -1.98. The van der Waals surface area contributed by atoms with Gasteiger partial charge in [-0.25, -0.2) is 4.57 Å². The Balaban J connectivity index is 2.29. The van der Waals surface area contributed by atoms with Gasteiger partial charge in [-0.2, -0.15) is 0 Å². The van der Waals surface area contributed by atoms with Crippen LogP contribution in [0, 0.1) is 0 Å². The first-order valence-electron chi connectivity index (χ1n) is 6.21. The highest BCUT2D eigenvalue weighted by molar-refractivity contribution is 8.55. The molecule has 0 aromatic carbocycles. The molecule has 1 aromatic rings. The quantitative estimate of drug-likeness (QED) is 0.357. The van der Waals surface area contributed by atoms with E-state index < -0.39 is 6.80 Å². The lowest BCUT2D eigenvalue weighted by atomic mass is 10.2. The standard InChI is InChI=1S/C12H19O4PS2/c1-3-15-17(14,16-4-2)19-10-5-7-11(13)12-8-6-9-18-12/h6,8-9H,3-5,7,10H2,1-2H3. The number of hydrogen-bond acceptors (Lipinski definition) is 6. The summed E-state index contributed by atoms with van der Waals surface area (Å²) in [6.07, 6.45) is 1.14. The number of carbonyl (C=O) groups excluding carboxylic acids is 1. The molecule has 1 heterocycles. The van der Waals surface area contributed by atoms with E-state index in [1.807, 2.05) is 17.5 Å². The summed E-state index contributed by atoms with van der Waals surface area (Å²) in [6.45, 7) is 1.26. The lowest BCUT2D eigenvalue weighted by molar-refractivity contribution is 0.0986. The molecule has 0 fully saturated rings. The van der Waals surface area contributed by atoms with Gasteiger partial charge in [0.1, 0.15) is 0 Å². The van der Waals surface area contributed by atoms with Gasteiger partial charge in [-0.1, -0.05) is 6.07 Å². The van der Waals surface area contributed by atoms with Crippen LogP contribution in [0.3, 0.4) is 0 Å². The van der Waals surface area contributed by atoms with Crippen molar-refractivity contribution in [3.63, 3.8) is 0 Å². The third-order valence-electron chi connectivity index (χ3n) is 2.17. The first-order valence-corrected chi connectivity index (χ1v) is 10.2. The van der Waals surface area contributed by atoms with Gasteiger partial charge in [0.15, 0.2) is 5.78 Å². The highest BCUT2D eigenvalue weighted by atomic mass is 32.7. The van der Waals surface area contributed by atoms with Gasteiger partial charge in [-0.3, -0.25) is 4.79 Å². The molecule has 0 amide bonds. The number of hydrogen-bond donors (Lipinski definition) is 0. The van der Waals surface area contributed by atoms with Crippen LogP contribution < -0.4 is 0 Å². The topological polar surface area (TPSA) is 52.6 Å². The Morgan fingerprint density at radius 2 is 2.05 bits per heavy atom. The second-order valence-electron chi connectivity index (χ2n) is 3.62. The third-order valence-corrected chi connectivity index (χ3v) is 7.14. The van der Waals surface area contributed by atoms with Crippen LogP contribution in [-0.2, 0) is 13.6 Å². The van der Waals surface area contributed by atoms with E-state index in [1.165, 1.54) is 22.7 Å². The van der Waals surface area contributed by atoms with Gasteiger partial charge in [-0.15, -0.1) is 11.3 Å². The smallest absolute Gasteiger partial charge is 0.301 e. The molecule has 0 aliphatic carbocycles. The molecule has 0 aliphatic heterocycles.